The summed E-state index contributed by atoms with van der Waals surface area (Å²) < 4.78 is 13.2. The summed E-state index contributed by atoms with van der Waals surface area (Å²) in [4.78, 5) is 23.6. The van der Waals surface area contributed by atoms with Crippen LogP contribution in [0, 0.1) is 6.92 Å². The maximum atomic E-state index is 12.5. The molecule has 0 amide bonds. The van der Waals surface area contributed by atoms with E-state index in [9.17, 15) is 9.59 Å². The molecule has 3 aromatic carbocycles. The maximum absolute atomic E-state index is 12.5. The van der Waals surface area contributed by atoms with E-state index in [0.29, 0.717) is 30.0 Å². The largest absolute Gasteiger partial charge is 0.492 e. The number of carbonyl (C=O) groups excluding carboxylic acids is 1. The molecular weight excluding hydrogens is 482 g/mol. The van der Waals surface area contributed by atoms with E-state index in [-0.39, 0.29) is 18.9 Å². The van der Waals surface area contributed by atoms with Crippen molar-refractivity contribution < 1.29 is 24.2 Å². The smallest absolute Gasteiger partial charge is 0.327 e. The molecule has 0 aliphatic rings. The van der Waals surface area contributed by atoms with Gasteiger partial charge >= 0.3 is 11.9 Å². The summed E-state index contributed by atoms with van der Waals surface area (Å²) in [5, 5.41) is 16.2. The molecule has 4 aromatic rings. The molecule has 1 aromatic heterocycles. The molecule has 8 heteroatoms. The number of carboxylic acids is 1. The van der Waals surface area contributed by atoms with Gasteiger partial charge in [-0.3, -0.25) is 9.48 Å². The van der Waals surface area contributed by atoms with Crippen molar-refractivity contribution in [2.24, 2.45) is 5.73 Å². The number of aliphatic carboxylic acids is 1. The average molecular weight is 516 g/mol. The van der Waals surface area contributed by atoms with E-state index >= 15 is 0 Å². The number of carbonyl (C=O) groups is 2. The van der Waals surface area contributed by atoms with Crippen LogP contribution in [0.2, 0.25) is 0 Å². The monoisotopic (exact) mass is 515 g/mol. The Labute approximate surface area is 222 Å². The average Bonchev–Trinajstić information content (AvgIpc) is 3.26. The number of nitrogens with two attached hydrogens (primary N) is 1. The summed E-state index contributed by atoms with van der Waals surface area (Å²) in [6, 6.07) is 20.7. The van der Waals surface area contributed by atoms with Crippen LogP contribution in [0.4, 0.5) is 0 Å². The van der Waals surface area contributed by atoms with Gasteiger partial charge < -0.3 is 20.3 Å². The Balaban J connectivity index is 1.49. The molecule has 198 valence electrons. The van der Waals surface area contributed by atoms with Gasteiger partial charge in [0.15, 0.2) is 0 Å². The number of carboxylic acid groups (broad SMARTS) is 1. The first kappa shape index (κ1) is 26.9. The predicted molar refractivity (Wildman–Crippen MR) is 146 cm³/mol. The molecule has 1 heterocycles. The van der Waals surface area contributed by atoms with Gasteiger partial charge in [-0.1, -0.05) is 48.5 Å². The van der Waals surface area contributed by atoms with E-state index in [0.717, 1.165) is 22.3 Å². The minimum absolute atomic E-state index is 0.0727. The highest BCUT2D eigenvalue weighted by atomic mass is 16.5. The highest BCUT2D eigenvalue weighted by Crippen LogP contribution is 2.28. The SMILES string of the molecule is Cc1cc(-c2cccc3ccccc23)nn1CCOc1ccc(CCC(=O)O)c(C(N)C(=O)OC(C)C)c1. The highest BCUT2D eigenvalue weighted by molar-refractivity contribution is 5.95. The van der Waals surface area contributed by atoms with Gasteiger partial charge in [-0.05, 0) is 67.3 Å². The third-order valence-electron chi connectivity index (χ3n) is 6.28. The molecule has 0 saturated carbocycles. The number of ether oxygens (including phenoxy) is 2. The zero-order valence-corrected chi connectivity index (χ0v) is 21.9. The number of aryl methyl sites for hydroxylation is 2. The summed E-state index contributed by atoms with van der Waals surface area (Å²) in [7, 11) is 0. The standard InChI is InChI=1S/C30H33N3O5/c1-19(2)38-30(36)29(31)26-18-23(13-11-22(26)12-14-28(34)35)37-16-15-33-20(3)17-27(32-33)25-10-6-8-21-7-4-5-9-24(21)25/h4-11,13,17-19,29H,12,14-16,31H2,1-3H3,(H,34,35). The van der Waals surface area contributed by atoms with Crippen molar-refractivity contribution in [2.45, 2.75) is 52.3 Å². The topological polar surface area (TPSA) is 117 Å². The molecule has 0 aliphatic carbocycles. The molecule has 3 N–H and O–H groups in total. The number of rotatable bonds is 11. The predicted octanol–water partition coefficient (Wildman–Crippen LogP) is 5.06. The number of fused-ring (bicyclic) bond motifs is 1. The lowest BCUT2D eigenvalue weighted by Gasteiger charge is -2.18. The summed E-state index contributed by atoms with van der Waals surface area (Å²) in [6.07, 6.45) is -0.139. The van der Waals surface area contributed by atoms with Crippen molar-refractivity contribution in [1.29, 1.82) is 0 Å². The Morgan fingerprint density at radius 1 is 1.05 bits per heavy atom. The highest BCUT2D eigenvalue weighted by Gasteiger charge is 2.22. The molecule has 8 nitrogen and oxygen atoms in total. The van der Waals surface area contributed by atoms with E-state index in [1.807, 2.05) is 29.8 Å². The van der Waals surface area contributed by atoms with E-state index in [4.69, 9.17) is 25.4 Å². The van der Waals surface area contributed by atoms with Crippen LogP contribution in [-0.4, -0.2) is 39.5 Å². The number of nitrogens with zero attached hydrogens (tertiary/aromatic N) is 2. The van der Waals surface area contributed by atoms with Crippen molar-refractivity contribution in [3.8, 4) is 17.0 Å². The van der Waals surface area contributed by atoms with Crippen LogP contribution in [0.1, 0.15) is 43.1 Å². The Kier molecular flexibility index (Phi) is 8.43. The van der Waals surface area contributed by atoms with Gasteiger partial charge in [-0.25, -0.2) is 4.79 Å². The second kappa shape index (κ2) is 11.9. The van der Waals surface area contributed by atoms with Crippen molar-refractivity contribution in [1.82, 2.24) is 9.78 Å². The third-order valence-corrected chi connectivity index (χ3v) is 6.28. The van der Waals surface area contributed by atoms with Gasteiger partial charge in [-0.15, -0.1) is 0 Å². The summed E-state index contributed by atoms with van der Waals surface area (Å²) in [5.41, 5.74) is 10.4. The quantitative estimate of drug-likeness (QED) is 0.268. The van der Waals surface area contributed by atoms with Crippen LogP contribution in [0.5, 0.6) is 5.75 Å². The lowest BCUT2D eigenvalue weighted by Crippen LogP contribution is -2.27. The normalized spacial score (nSPS) is 12.0. The number of esters is 1. The first-order chi connectivity index (χ1) is 18.2. The molecule has 0 saturated heterocycles. The molecule has 4 rings (SSSR count). The molecule has 1 atom stereocenters. The van der Waals surface area contributed by atoms with Gasteiger partial charge in [0.25, 0.3) is 0 Å². The minimum atomic E-state index is -1.04. The Hall–Kier alpha value is -4.17. The second-order valence-electron chi connectivity index (χ2n) is 9.49. The number of aromatic nitrogens is 2. The molecule has 0 fully saturated rings. The Bertz CT molecular complexity index is 1440. The van der Waals surface area contributed by atoms with E-state index in [1.165, 1.54) is 5.39 Å². The maximum Gasteiger partial charge on any atom is 0.327 e. The van der Waals surface area contributed by atoms with Crippen LogP contribution >= 0.6 is 0 Å². The lowest BCUT2D eigenvalue weighted by atomic mass is 9.97. The van der Waals surface area contributed by atoms with Gasteiger partial charge in [0.2, 0.25) is 0 Å². The fourth-order valence-corrected chi connectivity index (χ4v) is 4.42. The fourth-order valence-electron chi connectivity index (χ4n) is 4.42. The van der Waals surface area contributed by atoms with E-state index in [2.05, 4.69) is 30.3 Å². The van der Waals surface area contributed by atoms with Crippen LogP contribution < -0.4 is 10.5 Å². The number of hydrogen-bond acceptors (Lipinski definition) is 6. The van der Waals surface area contributed by atoms with Crippen molar-refractivity contribution in [2.75, 3.05) is 6.61 Å². The van der Waals surface area contributed by atoms with Crippen LogP contribution in [0.15, 0.2) is 66.7 Å². The number of benzene rings is 3. The molecule has 0 spiro atoms. The molecule has 0 aliphatic heterocycles. The van der Waals surface area contributed by atoms with Gasteiger partial charge in [0.1, 0.15) is 18.4 Å². The third kappa shape index (κ3) is 6.39. The molecule has 1 unspecified atom stereocenters. The molecule has 0 radical (unpaired) electrons. The van der Waals surface area contributed by atoms with Gasteiger partial charge in [-0.2, -0.15) is 5.10 Å². The Morgan fingerprint density at radius 2 is 1.82 bits per heavy atom. The first-order valence-electron chi connectivity index (χ1n) is 12.7. The summed E-state index contributed by atoms with van der Waals surface area (Å²) in [5.74, 6) is -0.958. The van der Waals surface area contributed by atoms with Crippen molar-refractivity contribution in [3.63, 3.8) is 0 Å². The van der Waals surface area contributed by atoms with Gasteiger partial charge in [0, 0.05) is 17.7 Å². The van der Waals surface area contributed by atoms with E-state index < -0.39 is 18.0 Å². The molecular formula is C30H33N3O5. The van der Waals surface area contributed by atoms with Gasteiger partial charge in [0.05, 0.1) is 18.3 Å². The zero-order valence-electron chi connectivity index (χ0n) is 21.9. The zero-order chi connectivity index (χ0) is 27.2. The van der Waals surface area contributed by atoms with Crippen molar-refractivity contribution in [3.05, 3.63) is 83.6 Å². The van der Waals surface area contributed by atoms with Crippen LogP contribution in [0.3, 0.4) is 0 Å². The van der Waals surface area contributed by atoms with Crippen LogP contribution in [-0.2, 0) is 27.3 Å². The number of hydrogen-bond donors (Lipinski definition) is 2. The minimum Gasteiger partial charge on any atom is -0.492 e. The Morgan fingerprint density at radius 3 is 2.58 bits per heavy atom. The molecule has 38 heavy (non-hydrogen) atoms. The second-order valence-corrected chi connectivity index (χ2v) is 9.49. The molecule has 0 bridgehead atoms. The first-order valence-corrected chi connectivity index (χ1v) is 12.7. The van der Waals surface area contributed by atoms with Crippen LogP contribution in [0.25, 0.3) is 22.0 Å². The van der Waals surface area contributed by atoms with Crippen molar-refractivity contribution >= 4 is 22.7 Å². The summed E-state index contributed by atoms with van der Waals surface area (Å²) in [6.45, 7) is 6.37. The summed E-state index contributed by atoms with van der Waals surface area (Å²) >= 11 is 0. The lowest BCUT2D eigenvalue weighted by molar-refractivity contribution is -0.149. The fraction of sp³-hybridized carbons (Fsp3) is 0.300. The van der Waals surface area contributed by atoms with E-state index in [1.54, 1.807) is 32.0 Å².